The fourth-order valence-corrected chi connectivity index (χ4v) is 4.91. The van der Waals surface area contributed by atoms with Crippen molar-refractivity contribution < 1.29 is 52.3 Å². The van der Waals surface area contributed by atoms with E-state index in [0.29, 0.717) is 0 Å². The van der Waals surface area contributed by atoms with E-state index >= 15 is 0 Å². The molecule has 1 saturated heterocycles. The van der Waals surface area contributed by atoms with Crippen LogP contribution < -0.4 is 0 Å². The zero-order valence-electron chi connectivity index (χ0n) is 29.8. The number of carbonyl (C=O) groups is 4. The van der Waals surface area contributed by atoms with E-state index in [1.165, 1.54) is 0 Å². The minimum Gasteiger partial charge on any atom is -0.472 e. The molecular formula is C35H54O11. The van der Waals surface area contributed by atoms with Gasteiger partial charge in [-0.25, -0.2) is 0 Å². The highest BCUT2D eigenvalue weighted by Gasteiger charge is 2.56. The maximum Gasteiger partial charge on any atom is 0.311 e. The van der Waals surface area contributed by atoms with Crippen LogP contribution in [-0.4, -0.2) is 67.5 Å². The molecule has 3 aliphatic rings. The minimum atomic E-state index is -1.39. The standard InChI is InChI=1S/C35H54O11/c1-19-14-15-20-16-17-40-26(22(19)20)46-27-25(45-31(39)35(11,12)13)24(44-30(38)34(8,9)10)23(43-29(37)33(5,6)7)21(42-27)18-41-28(36)32(2,3)4/h14,16-17,20-27H,15,18H2,1-13H3/t20-,21-,22-,23-,24+,25-,26+,27+/m1/s1. The second-order valence-corrected chi connectivity index (χ2v) is 16.6. The minimum absolute atomic E-state index is 0.136. The van der Waals surface area contributed by atoms with Gasteiger partial charge < -0.3 is 33.2 Å². The zero-order chi connectivity index (χ0) is 35.0. The maximum atomic E-state index is 13.5. The third-order valence-corrected chi connectivity index (χ3v) is 7.95. The molecule has 0 spiro atoms. The maximum absolute atomic E-state index is 13.5. The average Bonchev–Trinajstić information content (AvgIpc) is 3.29. The van der Waals surface area contributed by atoms with Gasteiger partial charge in [0.15, 0.2) is 18.3 Å². The van der Waals surface area contributed by atoms with Gasteiger partial charge in [-0.15, -0.1) is 0 Å². The predicted octanol–water partition coefficient (Wildman–Crippen LogP) is 5.64. The largest absolute Gasteiger partial charge is 0.472 e. The van der Waals surface area contributed by atoms with Crippen molar-refractivity contribution in [2.24, 2.45) is 33.5 Å². The fourth-order valence-electron chi connectivity index (χ4n) is 4.91. The smallest absolute Gasteiger partial charge is 0.311 e. The highest BCUT2D eigenvalue weighted by atomic mass is 16.8. The van der Waals surface area contributed by atoms with E-state index in [2.05, 4.69) is 6.08 Å². The van der Waals surface area contributed by atoms with E-state index in [9.17, 15) is 19.2 Å². The second kappa shape index (κ2) is 13.7. The van der Waals surface area contributed by atoms with E-state index in [-0.39, 0.29) is 18.4 Å². The lowest BCUT2D eigenvalue weighted by molar-refractivity contribution is -0.344. The Morgan fingerprint density at radius 3 is 1.67 bits per heavy atom. The van der Waals surface area contributed by atoms with Gasteiger partial charge in [0, 0.05) is 5.92 Å². The molecule has 2 heterocycles. The number of carbonyl (C=O) groups excluding carboxylic acids is 4. The molecule has 8 atom stereocenters. The van der Waals surface area contributed by atoms with Gasteiger partial charge in [-0.1, -0.05) is 11.6 Å². The first-order valence-electron chi connectivity index (χ1n) is 16.0. The van der Waals surface area contributed by atoms with Gasteiger partial charge in [0.05, 0.1) is 27.9 Å². The van der Waals surface area contributed by atoms with E-state index in [4.69, 9.17) is 33.2 Å². The molecule has 0 saturated carbocycles. The quantitative estimate of drug-likeness (QED) is 0.192. The van der Waals surface area contributed by atoms with Crippen molar-refractivity contribution in [2.45, 2.75) is 133 Å². The summed E-state index contributed by atoms with van der Waals surface area (Å²) in [5, 5.41) is 0. The Kier molecular flexibility index (Phi) is 11.2. The summed E-state index contributed by atoms with van der Waals surface area (Å²) in [6.07, 6.45) is -0.999. The Balaban J connectivity index is 2.14. The van der Waals surface area contributed by atoms with E-state index in [0.717, 1.165) is 12.0 Å². The number of ether oxygens (including phenoxy) is 7. The van der Waals surface area contributed by atoms with Crippen LogP contribution in [0.2, 0.25) is 0 Å². The predicted molar refractivity (Wildman–Crippen MR) is 168 cm³/mol. The van der Waals surface area contributed by atoms with Crippen LogP contribution in [-0.2, 0) is 52.3 Å². The fraction of sp³-hybridized carbons (Fsp3) is 0.771. The summed E-state index contributed by atoms with van der Waals surface area (Å²) in [5.74, 6) is -2.41. The van der Waals surface area contributed by atoms with Crippen molar-refractivity contribution in [1.82, 2.24) is 0 Å². The van der Waals surface area contributed by atoms with Gasteiger partial charge in [-0.05, 0) is 108 Å². The summed E-state index contributed by atoms with van der Waals surface area (Å²) in [6, 6.07) is 0. The van der Waals surface area contributed by atoms with E-state index in [1.807, 2.05) is 13.0 Å². The summed E-state index contributed by atoms with van der Waals surface area (Å²) in [6.45, 7) is 21.9. The van der Waals surface area contributed by atoms with Crippen LogP contribution in [0, 0.1) is 33.5 Å². The molecule has 0 aromatic rings. The molecule has 3 rings (SSSR count). The van der Waals surface area contributed by atoms with Crippen LogP contribution in [0.3, 0.4) is 0 Å². The van der Waals surface area contributed by atoms with Gasteiger partial charge >= 0.3 is 23.9 Å². The van der Waals surface area contributed by atoms with E-state index < -0.39 is 82.5 Å². The summed E-state index contributed by atoms with van der Waals surface area (Å²) in [7, 11) is 0. The van der Waals surface area contributed by atoms with Crippen molar-refractivity contribution in [2.75, 3.05) is 6.61 Å². The van der Waals surface area contributed by atoms with Gasteiger partial charge in [0.2, 0.25) is 12.6 Å². The Morgan fingerprint density at radius 2 is 1.17 bits per heavy atom. The van der Waals surface area contributed by atoms with Crippen molar-refractivity contribution in [1.29, 1.82) is 0 Å². The molecule has 0 aromatic carbocycles. The number of rotatable bonds is 7. The Labute approximate surface area is 273 Å². The monoisotopic (exact) mass is 650 g/mol. The van der Waals surface area contributed by atoms with Crippen molar-refractivity contribution in [3.63, 3.8) is 0 Å². The molecular weight excluding hydrogens is 596 g/mol. The lowest BCUT2D eigenvalue weighted by atomic mass is 9.89. The van der Waals surface area contributed by atoms with Crippen LogP contribution in [0.5, 0.6) is 0 Å². The third-order valence-electron chi connectivity index (χ3n) is 7.95. The van der Waals surface area contributed by atoms with Crippen LogP contribution in [0.25, 0.3) is 0 Å². The summed E-state index contributed by atoms with van der Waals surface area (Å²) >= 11 is 0. The van der Waals surface area contributed by atoms with Gasteiger partial charge in [0.1, 0.15) is 12.7 Å². The highest BCUT2D eigenvalue weighted by Crippen LogP contribution is 2.42. The molecule has 11 heteroatoms. The lowest BCUT2D eigenvalue weighted by Gasteiger charge is -2.47. The van der Waals surface area contributed by atoms with Crippen LogP contribution in [0.4, 0.5) is 0 Å². The number of hydrogen-bond acceptors (Lipinski definition) is 11. The Bertz CT molecular complexity index is 1200. The van der Waals surface area contributed by atoms with Crippen molar-refractivity contribution in [3.05, 3.63) is 24.0 Å². The summed E-state index contributed by atoms with van der Waals surface area (Å²) in [4.78, 5) is 53.1. The van der Waals surface area contributed by atoms with E-state index in [1.54, 1.807) is 89.3 Å². The normalized spacial score (nSPS) is 30.0. The first-order chi connectivity index (χ1) is 20.9. The molecule has 260 valence electrons. The van der Waals surface area contributed by atoms with Crippen LogP contribution >= 0.6 is 0 Å². The molecule has 0 radical (unpaired) electrons. The molecule has 1 fully saturated rings. The van der Waals surface area contributed by atoms with Crippen LogP contribution in [0.15, 0.2) is 24.0 Å². The average molecular weight is 651 g/mol. The second-order valence-electron chi connectivity index (χ2n) is 16.6. The number of hydrogen-bond donors (Lipinski definition) is 0. The SMILES string of the molecule is CC1=CC[C@@H]2C=CO[C@@H](O[C@@H]3O[C@H](COC(=O)C(C)(C)C)[C@@H](OC(=O)C(C)(C)C)[C@H](OC(=O)C(C)(C)C)[C@H]3OC(=O)C(C)(C)C)[C@H]12. The summed E-state index contributed by atoms with van der Waals surface area (Å²) < 4.78 is 42.6. The highest BCUT2D eigenvalue weighted by molar-refractivity contribution is 5.78. The van der Waals surface area contributed by atoms with Crippen molar-refractivity contribution in [3.8, 4) is 0 Å². The van der Waals surface area contributed by atoms with Gasteiger partial charge in [-0.3, -0.25) is 19.2 Å². The number of esters is 4. The molecule has 46 heavy (non-hydrogen) atoms. The van der Waals surface area contributed by atoms with Gasteiger partial charge in [-0.2, -0.15) is 0 Å². The topological polar surface area (TPSA) is 133 Å². The zero-order valence-corrected chi connectivity index (χ0v) is 29.8. The molecule has 0 aromatic heterocycles. The molecule has 0 bridgehead atoms. The first kappa shape index (κ1) is 37.5. The third kappa shape index (κ3) is 9.12. The first-order valence-corrected chi connectivity index (χ1v) is 16.0. The Morgan fingerprint density at radius 1 is 0.696 bits per heavy atom. The molecule has 1 aliphatic carbocycles. The summed E-state index contributed by atoms with van der Waals surface area (Å²) in [5.41, 5.74) is -2.66. The molecule has 2 aliphatic heterocycles. The van der Waals surface area contributed by atoms with Crippen LogP contribution in [0.1, 0.15) is 96.4 Å². The van der Waals surface area contributed by atoms with Gasteiger partial charge in [0.25, 0.3) is 0 Å². The molecule has 0 amide bonds. The molecule has 0 N–H and O–H groups in total. The molecule has 11 nitrogen and oxygen atoms in total. The van der Waals surface area contributed by atoms with Crippen molar-refractivity contribution >= 4 is 23.9 Å². The molecule has 0 unspecified atom stereocenters. The number of fused-ring (bicyclic) bond motifs is 1. The number of allylic oxidation sites excluding steroid dienone is 2. The lowest BCUT2D eigenvalue weighted by Crippen LogP contribution is -2.64. The Hall–Kier alpha value is -2.92.